The van der Waals surface area contributed by atoms with Gasteiger partial charge in [-0.25, -0.2) is 5.01 Å². The summed E-state index contributed by atoms with van der Waals surface area (Å²) in [7, 11) is 0. The van der Waals surface area contributed by atoms with Gasteiger partial charge in [0.2, 0.25) is 11.6 Å². The number of amides is 1. The zero-order chi connectivity index (χ0) is 22.5. The fourth-order valence-corrected chi connectivity index (χ4v) is 5.08. The molecule has 2 aromatic carbocycles. The molecule has 0 aromatic heterocycles. The summed E-state index contributed by atoms with van der Waals surface area (Å²) in [5, 5.41) is 17.6. The van der Waals surface area contributed by atoms with Crippen molar-refractivity contribution in [3.63, 3.8) is 0 Å². The Bertz CT molecular complexity index is 1090. The van der Waals surface area contributed by atoms with Crippen LogP contribution in [0.25, 0.3) is 0 Å². The third kappa shape index (κ3) is 3.27. The van der Waals surface area contributed by atoms with Crippen molar-refractivity contribution in [1.82, 2.24) is 9.91 Å². The number of benzene rings is 2. The highest BCUT2D eigenvalue weighted by Gasteiger charge is 2.53. The molecule has 0 radical (unpaired) electrons. The van der Waals surface area contributed by atoms with Crippen LogP contribution < -0.4 is 9.47 Å². The van der Waals surface area contributed by atoms with Crippen LogP contribution in [0.4, 0.5) is 0 Å². The second kappa shape index (κ2) is 7.73. The van der Waals surface area contributed by atoms with E-state index in [9.17, 15) is 9.90 Å². The number of para-hydroxylation sites is 1. The summed E-state index contributed by atoms with van der Waals surface area (Å²) < 4.78 is 12.6. The molecule has 3 aliphatic rings. The minimum absolute atomic E-state index is 0.0158. The Morgan fingerprint density at radius 1 is 1.28 bits per heavy atom. The van der Waals surface area contributed by atoms with Gasteiger partial charge in [0.05, 0.1) is 18.4 Å². The number of phenols is 1. The van der Waals surface area contributed by atoms with Crippen LogP contribution in [-0.4, -0.2) is 52.1 Å². The molecule has 0 unspecified atom stereocenters. The van der Waals surface area contributed by atoms with Crippen LogP contribution in [0, 0.1) is 6.92 Å². The molecule has 3 heterocycles. The molecule has 1 amide bonds. The van der Waals surface area contributed by atoms with E-state index in [0.717, 1.165) is 33.9 Å². The average Bonchev–Trinajstić information content (AvgIpc) is 3.23. The lowest BCUT2D eigenvalue weighted by molar-refractivity contribution is -0.159. The summed E-state index contributed by atoms with van der Waals surface area (Å²) in [4.78, 5) is 13.8. The lowest BCUT2D eigenvalue weighted by atomic mass is 9.90. The molecule has 1 N–H and O–H groups in total. The smallest absolute Gasteiger partial charge is 0.219 e. The number of ether oxygens (including phenoxy) is 2. The highest BCUT2D eigenvalue weighted by molar-refractivity contribution is 6.04. The van der Waals surface area contributed by atoms with Gasteiger partial charge in [-0.15, -0.1) is 0 Å². The van der Waals surface area contributed by atoms with Gasteiger partial charge >= 0.3 is 0 Å². The second-order valence-electron chi connectivity index (χ2n) is 8.79. The summed E-state index contributed by atoms with van der Waals surface area (Å²) >= 11 is 0. The number of hydrazone groups is 1. The average molecular weight is 436 g/mol. The molecule has 168 valence electrons. The SMILES string of the molecule is CCOc1cccc2c1OC1(CCN(C(C)=O)CC1)N1N=C(c3cc(C)ccc3O)C[C@H]21. The van der Waals surface area contributed by atoms with Crippen LogP contribution >= 0.6 is 0 Å². The highest BCUT2D eigenvalue weighted by atomic mass is 16.6. The van der Waals surface area contributed by atoms with Gasteiger partial charge in [-0.2, -0.15) is 5.10 Å². The van der Waals surface area contributed by atoms with Crippen LogP contribution in [0.5, 0.6) is 17.2 Å². The Hall–Kier alpha value is -3.22. The molecular weight excluding hydrogens is 406 g/mol. The maximum atomic E-state index is 11.9. The van der Waals surface area contributed by atoms with Gasteiger partial charge in [0.15, 0.2) is 11.5 Å². The summed E-state index contributed by atoms with van der Waals surface area (Å²) in [6.45, 7) is 7.37. The van der Waals surface area contributed by atoms with E-state index in [1.165, 1.54) is 0 Å². The van der Waals surface area contributed by atoms with Crippen LogP contribution in [0.3, 0.4) is 0 Å². The van der Waals surface area contributed by atoms with E-state index < -0.39 is 5.72 Å². The first-order chi connectivity index (χ1) is 15.4. The predicted octanol–water partition coefficient (Wildman–Crippen LogP) is 3.98. The van der Waals surface area contributed by atoms with Crippen LogP contribution in [-0.2, 0) is 4.79 Å². The number of hydrogen-bond acceptors (Lipinski definition) is 6. The van der Waals surface area contributed by atoms with Gasteiger partial charge in [-0.1, -0.05) is 23.8 Å². The van der Waals surface area contributed by atoms with E-state index in [1.54, 1.807) is 13.0 Å². The Kier molecular flexibility index (Phi) is 4.99. The van der Waals surface area contributed by atoms with E-state index >= 15 is 0 Å². The monoisotopic (exact) mass is 435 g/mol. The Balaban J connectivity index is 1.59. The molecule has 3 aliphatic heterocycles. The predicted molar refractivity (Wildman–Crippen MR) is 121 cm³/mol. The number of aromatic hydroxyl groups is 1. The number of hydrogen-bond donors (Lipinski definition) is 1. The molecular formula is C25H29N3O4. The zero-order valence-corrected chi connectivity index (χ0v) is 18.8. The lowest BCUT2D eigenvalue weighted by Crippen LogP contribution is -2.59. The summed E-state index contributed by atoms with van der Waals surface area (Å²) in [5.74, 6) is 1.83. The van der Waals surface area contributed by atoms with Gasteiger partial charge in [-0.3, -0.25) is 4.79 Å². The van der Waals surface area contributed by atoms with Crippen LogP contribution in [0.1, 0.15) is 55.8 Å². The number of rotatable bonds is 3. The molecule has 1 atom stereocenters. The molecule has 0 saturated carbocycles. The topological polar surface area (TPSA) is 74.6 Å². The van der Waals surface area contributed by atoms with Crippen molar-refractivity contribution in [1.29, 1.82) is 0 Å². The fourth-order valence-electron chi connectivity index (χ4n) is 5.08. The number of piperidine rings is 1. The quantitative estimate of drug-likeness (QED) is 0.789. The van der Waals surface area contributed by atoms with Gasteiger partial charge in [0.25, 0.3) is 0 Å². The zero-order valence-electron chi connectivity index (χ0n) is 18.8. The third-order valence-corrected chi connectivity index (χ3v) is 6.74. The molecule has 5 rings (SSSR count). The number of carbonyl (C=O) groups is 1. The second-order valence-corrected chi connectivity index (χ2v) is 8.79. The summed E-state index contributed by atoms with van der Waals surface area (Å²) in [6, 6.07) is 11.6. The summed E-state index contributed by atoms with van der Waals surface area (Å²) in [6.07, 6.45) is 1.97. The van der Waals surface area contributed by atoms with Crippen molar-refractivity contribution in [2.45, 2.75) is 51.8 Å². The number of aryl methyl sites for hydroxylation is 1. The first-order valence-electron chi connectivity index (χ1n) is 11.3. The van der Waals surface area contributed by atoms with Gasteiger partial charge < -0.3 is 19.5 Å². The van der Waals surface area contributed by atoms with E-state index in [-0.39, 0.29) is 17.7 Å². The molecule has 0 aliphatic carbocycles. The molecule has 0 bridgehead atoms. The van der Waals surface area contributed by atoms with Gasteiger partial charge in [0.1, 0.15) is 5.75 Å². The maximum Gasteiger partial charge on any atom is 0.219 e. The number of likely N-dealkylation sites (tertiary alicyclic amines) is 1. The maximum absolute atomic E-state index is 11.9. The first-order valence-corrected chi connectivity index (χ1v) is 11.3. The van der Waals surface area contributed by atoms with E-state index in [1.807, 2.05) is 43.0 Å². The molecule has 1 spiro atoms. The number of carbonyl (C=O) groups excluding carboxylic acids is 1. The normalized spacial score (nSPS) is 21.0. The Morgan fingerprint density at radius 3 is 2.78 bits per heavy atom. The van der Waals surface area contributed by atoms with Crippen molar-refractivity contribution in [3.05, 3.63) is 53.1 Å². The van der Waals surface area contributed by atoms with Crippen LogP contribution in [0.15, 0.2) is 41.5 Å². The molecule has 32 heavy (non-hydrogen) atoms. The Labute approximate surface area is 188 Å². The minimum Gasteiger partial charge on any atom is -0.507 e. The summed E-state index contributed by atoms with van der Waals surface area (Å²) in [5.41, 5.74) is 3.07. The number of fused-ring (bicyclic) bond motifs is 4. The molecule has 7 nitrogen and oxygen atoms in total. The highest BCUT2D eigenvalue weighted by Crippen LogP contribution is 2.53. The third-order valence-electron chi connectivity index (χ3n) is 6.74. The Morgan fingerprint density at radius 2 is 2.06 bits per heavy atom. The van der Waals surface area contributed by atoms with Gasteiger partial charge in [-0.05, 0) is 32.0 Å². The van der Waals surface area contributed by atoms with Crippen molar-refractivity contribution >= 4 is 11.6 Å². The number of nitrogens with zero attached hydrogens (tertiary/aromatic N) is 3. The van der Waals surface area contributed by atoms with Gasteiger partial charge in [0, 0.05) is 50.4 Å². The molecule has 7 heteroatoms. The minimum atomic E-state index is -0.655. The van der Waals surface area contributed by atoms with Crippen LogP contribution in [0.2, 0.25) is 0 Å². The molecule has 2 aromatic rings. The molecule has 1 saturated heterocycles. The van der Waals surface area contributed by atoms with E-state index in [2.05, 4.69) is 11.1 Å². The van der Waals surface area contributed by atoms with E-state index in [4.69, 9.17) is 14.6 Å². The molecule has 1 fully saturated rings. The van der Waals surface area contributed by atoms with E-state index in [0.29, 0.717) is 39.0 Å². The largest absolute Gasteiger partial charge is 0.507 e. The number of phenolic OH excluding ortho intramolecular Hbond substituents is 1. The van der Waals surface area contributed by atoms with Crippen molar-refractivity contribution in [3.8, 4) is 17.2 Å². The first kappa shape index (κ1) is 20.7. The standard InChI is InChI=1S/C25H29N3O4/c1-4-31-23-7-5-6-18-21-15-20(19-14-16(2)8-9-22(19)30)26-28(21)25(32-24(18)23)10-12-27(13-11-25)17(3)29/h5-9,14,21,30H,4,10-13,15H2,1-3H3/t21-/m1/s1. The lowest BCUT2D eigenvalue weighted by Gasteiger charge is -2.51. The fraction of sp³-hybridized carbons (Fsp3) is 0.440. The van der Waals surface area contributed by atoms with Crippen molar-refractivity contribution in [2.24, 2.45) is 5.10 Å². The van der Waals surface area contributed by atoms with Crippen molar-refractivity contribution in [2.75, 3.05) is 19.7 Å². The van der Waals surface area contributed by atoms with Crippen molar-refractivity contribution < 1.29 is 19.4 Å².